The second-order valence-corrected chi connectivity index (χ2v) is 11.4. The van der Waals surface area contributed by atoms with Gasteiger partial charge in [0.25, 0.3) is 0 Å². The molecule has 0 radical (unpaired) electrons. The van der Waals surface area contributed by atoms with Crippen molar-refractivity contribution in [3.05, 3.63) is 11.6 Å². The Bertz CT molecular complexity index is 660. The molecule has 0 bridgehead atoms. The van der Waals surface area contributed by atoms with E-state index in [2.05, 4.69) is 24.8 Å². The Morgan fingerprint density at radius 3 is 2.29 bits per heavy atom. The summed E-state index contributed by atoms with van der Waals surface area (Å²) < 4.78 is 12.3. The minimum absolute atomic E-state index is 0.0227. The predicted octanol–water partition coefficient (Wildman–Crippen LogP) is 5.79. The van der Waals surface area contributed by atoms with Gasteiger partial charge in [0.2, 0.25) is 0 Å². The number of nitrogens with zero attached hydrogens (tertiary/aromatic N) is 1. The first-order valence-electron chi connectivity index (χ1n) is 13.3. The van der Waals surface area contributed by atoms with Crippen LogP contribution >= 0.6 is 0 Å². The van der Waals surface area contributed by atoms with E-state index in [4.69, 9.17) is 9.47 Å². The van der Waals surface area contributed by atoms with Crippen molar-refractivity contribution >= 4 is 5.97 Å². The van der Waals surface area contributed by atoms with Crippen molar-refractivity contribution < 1.29 is 14.3 Å². The van der Waals surface area contributed by atoms with Gasteiger partial charge in [-0.25, -0.2) is 0 Å². The van der Waals surface area contributed by atoms with Gasteiger partial charge < -0.3 is 9.47 Å². The molecule has 0 spiro atoms. The zero-order chi connectivity index (χ0) is 21.4. The van der Waals surface area contributed by atoms with Crippen molar-refractivity contribution in [2.45, 2.75) is 134 Å². The van der Waals surface area contributed by atoms with Gasteiger partial charge in [-0.15, -0.1) is 0 Å². The van der Waals surface area contributed by atoms with E-state index >= 15 is 0 Å². The average Bonchev–Trinajstić information content (AvgIpc) is 3.36. The molecule has 2 heterocycles. The Morgan fingerprint density at radius 1 is 1.00 bits per heavy atom. The van der Waals surface area contributed by atoms with Crippen LogP contribution in [-0.2, 0) is 14.3 Å². The summed E-state index contributed by atoms with van der Waals surface area (Å²) >= 11 is 0. The van der Waals surface area contributed by atoms with Gasteiger partial charge in [0, 0.05) is 24.5 Å². The molecule has 4 fully saturated rings. The van der Waals surface area contributed by atoms with Gasteiger partial charge in [0.05, 0.1) is 11.5 Å². The van der Waals surface area contributed by atoms with Gasteiger partial charge in [0.1, 0.15) is 12.2 Å². The van der Waals surface area contributed by atoms with Gasteiger partial charge in [-0.05, 0) is 65.2 Å². The van der Waals surface area contributed by atoms with Crippen molar-refractivity contribution in [1.29, 1.82) is 0 Å². The minimum Gasteiger partial charge on any atom is -0.459 e. The van der Waals surface area contributed by atoms with Crippen LogP contribution < -0.4 is 0 Å². The maximum atomic E-state index is 13.3. The number of esters is 1. The summed E-state index contributed by atoms with van der Waals surface area (Å²) in [5.41, 5.74) is 1.37. The topological polar surface area (TPSA) is 42.1 Å². The molecule has 2 saturated carbocycles. The molecule has 174 valence electrons. The highest BCUT2D eigenvalue weighted by Crippen LogP contribution is 2.50. The lowest BCUT2D eigenvalue weighted by molar-refractivity contribution is -0.145. The fraction of sp³-hybridized carbons (Fsp3) is 0.889. The third-order valence-corrected chi connectivity index (χ3v) is 9.23. The average molecular weight is 430 g/mol. The molecule has 0 unspecified atom stereocenters. The van der Waals surface area contributed by atoms with E-state index in [1.165, 1.54) is 69.8 Å². The zero-order valence-electron chi connectivity index (χ0n) is 19.8. The zero-order valence-corrected chi connectivity index (χ0v) is 19.8. The first-order valence-corrected chi connectivity index (χ1v) is 13.3. The van der Waals surface area contributed by atoms with Crippen molar-refractivity contribution in [3.8, 4) is 0 Å². The molecule has 5 atom stereocenters. The Kier molecular flexibility index (Phi) is 6.49. The summed E-state index contributed by atoms with van der Waals surface area (Å²) in [6.07, 6.45) is 20.2. The number of allylic oxidation sites excluding steroid dienone is 2. The quantitative estimate of drug-likeness (QED) is 0.322. The molecular weight excluding hydrogens is 386 g/mol. The maximum Gasteiger partial charge on any atom is 0.311 e. The number of fused-ring (bicyclic) bond motifs is 3. The number of rotatable bonds is 4. The van der Waals surface area contributed by atoms with Crippen LogP contribution in [0.1, 0.15) is 104 Å². The summed E-state index contributed by atoms with van der Waals surface area (Å²) in [7, 11) is 0. The predicted molar refractivity (Wildman–Crippen MR) is 123 cm³/mol. The minimum atomic E-state index is -0.0986. The monoisotopic (exact) mass is 429 g/mol. The van der Waals surface area contributed by atoms with E-state index in [1.807, 2.05) is 0 Å². The molecule has 5 aliphatic rings. The van der Waals surface area contributed by atoms with Crippen LogP contribution in [0.15, 0.2) is 11.6 Å². The van der Waals surface area contributed by atoms with Gasteiger partial charge in [-0.3, -0.25) is 9.69 Å². The lowest BCUT2D eigenvalue weighted by atomic mass is 9.79. The number of epoxide rings is 1. The van der Waals surface area contributed by atoms with Crippen LogP contribution in [0.5, 0.6) is 0 Å². The Balaban J connectivity index is 1.37. The van der Waals surface area contributed by atoms with Crippen LogP contribution in [0.3, 0.4) is 0 Å². The number of carbonyl (C=O) groups is 1. The van der Waals surface area contributed by atoms with Gasteiger partial charge >= 0.3 is 5.97 Å². The normalized spacial score (nSPS) is 41.8. The molecule has 2 saturated heterocycles. The second kappa shape index (κ2) is 9.17. The molecule has 3 aliphatic carbocycles. The molecule has 31 heavy (non-hydrogen) atoms. The standard InChI is InChI=1S/C27H43NO3/c1-19-10-9-17-27(2)25(31-27)24-22(16-15-19)23(26(29)30-24)18-28(20-11-5-3-6-12-20)21-13-7-4-8-14-21/h10,20-25H,3-9,11-18H2,1-2H3/b19-10+/t22-,23-,24-,25-,27+/m0/s1. The number of ether oxygens (including phenoxy) is 2. The number of carbonyl (C=O) groups excluding carboxylic acids is 1. The fourth-order valence-corrected chi connectivity index (χ4v) is 7.20. The van der Waals surface area contributed by atoms with Crippen LogP contribution in [0, 0.1) is 11.8 Å². The van der Waals surface area contributed by atoms with Gasteiger partial charge in [0.15, 0.2) is 0 Å². The largest absolute Gasteiger partial charge is 0.459 e. The molecule has 0 aromatic rings. The maximum absolute atomic E-state index is 13.3. The molecular formula is C27H43NO3. The molecule has 0 N–H and O–H groups in total. The van der Waals surface area contributed by atoms with Crippen LogP contribution in [0.25, 0.3) is 0 Å². The van der Waals surface area contributed by atoms with E-state index in [-0.39, 0.29) is 29.7 Å². The summed E-state index contributed by atoms with van der Waals surface area (Å²) in [5.74, 6) is 0.385. The smallest absolute Gasteiger partial charge is 0.311 e. The van der Waals surface area contributed by atoms with E-state index in [9.17, 15) is 4.79 Å². The highest BCUT2D eigenvalue weighted by molar-refractivity contribution is 5.76. The van der Waals surface area contributed by atoms with Crippen molar-refractivity contribution in [2.75, 3.05) is 6.54 Å². The van der Waals surface area contributed by atoms with Gasteiger partial charge in [-0.2, -0.15) is 0 Å². The molecule has 0 aromatic carbocycles. The first kappa shape index (κ1) is 21.9. The van der Waals surface area contributed by atoms with Crippen LogP contribution in [0.2, 0.25) is 0 Å². The highest BCUT2D eigenvalue weighted by atomic mass is 16.6. The molecule has 4 heteroatoms. The van der Waals surface area contributed by atoms with E-state index in [1.54, 1.807) is 0 Å². The molecule has 0 aromatic heterocycles. The van der Waals surface area contributed by atoms with Crippen molar-refractivity contribution in [1.82, 2.24) is 4.90 Å². The van der Waals surface area contributed by atoms with E-state index in [0.717, 1.165) is 32.2 Å². The van der Waals surface area contributed by atoms with E-state index < -0.39 is 0 Å². The summed E-state index contributed by atoms with van der Waals surface area (Å²) in [6, 6.07) is 1.35. The molecule has 0 amide bonds. The first-order chi connectivity index (χ1) is 15.0. The van der Waals surface area contributed by atoms with Crippen molar-refractivity contribution in [3.63, 3.8) is 0 Å². The Labute approximate surface area is 189 Å². The summed E-state index contributed by atoms with van der Waals surface area (Å²) in [6.45, 7) is 5.39. The number of hydrogen-bond donors (Lipinski definition) is 0. The second-order valence-electron chi connectivity index (χ2n) is 11.4. The van der Waals surface area contributed by atoms with E-state index in [0.29, 0.717) is 18.0 Å². The van der Waals surface area contributed by atoms with Crippen LogP contribution in [0.4, 0.5) is 0 Å². The SMILES string of the molecule is C/C1=C\CC[C@@]2(C)O[C@H]2[C@H]2OC(=O)[C@@H](CN(C3CCCCC3)C3CCCCC3)[C@@H]2CC1. The number of hydrogen-bond acceptors (Lipinski definition) is 4. The third kappa shape index (κ3) is 4.62. The Morgan fingerprint density at radius 2 is 1.65 bits per heavy atom. The van der Waals surface area contributed by atoms with Crippen molar-refractivity contribution in [2.24, 2.45) is 11.8 Å². The fourth-order valence-electron chi connectivity index (χ4n) is 7.20. The lowest BCUT2D eigenvalue weighted by Crippen LogP contribution is -2.49. The summed E-state index contributed by atoms with van der Waals surface area (Å²) in [5, 5.41) is 0. The Hall–Kier alpha value is -0.870. The van der Waals surface area contributed by atoms with Crippen LogP contribution in [-0.4, -0.2) is 47.3 Å². The highest BCUT2D eigenvalue weighted by Gasteiger charge is 2.62. The molecule has 2 aliphatic heterocycles. The molecule has 5 rings (SSSR count). The van der Waals surface area contributed by atoms with Gasteiger partial charge in [-0.1, -0.05) is 50.2 Å². The summed E-state index contributed by atoms with van der Waals surface area (Å²) in [4.78, 5) is 16.1. The lowest BCUT2D eigenvalue weighted by Gasteiger charge is -2.43. The third-order valence-electron chi connectivity index (χ3n) is 9.23. The molecule has 4 nitrogen and oxygen atoms in total.